The van der Waals surface area contributed by atoms with Crippen molar-refractivity contribution in [3.8, 4) is 17.2 Å². The number of anilines is 1. The van der Waals surface area contributed by atoms with E-state index >= 15 is 0 Å². The minimum absolute atomic E-state index is 0.0623. The molecule has 1 amide bonds. The Morgan fingerprint density at radius 2 is 2.08 bits per heavy atom. The molecule has 0 bridgehead atoms. The Kier molecular flexibility index (Phi) is 3.94. The summed E-state index contributed by atoms with van der Waals surface area (Å²) < 4.78 is 6.89. The van der Waals surface area contributed by atoms with Crippen LogP contribution in [0.5, 0.6) is 0 Å². The van der Waals surface area contributed by atoms with Gasteiger partial charge in [0.05, 0.1) is 5.69 Å². The third kappa shape index (κ3) is 2.93. The lowest BCUT2D eigenvalue weighted by Gasteiger charge is -2.05. The summed E-state index contributed by atoms with van der Waals surface area (Å²) in [6.07, 6.45) is 9.24. The number of hydrogen-bond acceptors (Lipinski definition) is 7. The van der Waals surface area contributed by atoms with E-state index in [-0.39, 0.29) is 11.8 Å². The number of nitrogens with one attached hydrogen (secondary N) is 1. The van der Waals surface area contributed by atoms with E-state index in [4.69, 9.17) is 4.42 Å². The van der Waals surface area contributed by atoms with Crippen LogP contribution < -0.4 is 5.32 Å². The van der Waals surface area contributed by atoms with Crippen molar-refractivity contribution < 1.29 is 9.21 Å². The number of amides is 1. The topological polar surface area (TPSA) is 112 Å². The monoisotopic (exact) mass is 347 g/mol. The molecule has 4 aromatic heterocycles. The molecule has 4 rings (SSSR count). The van der Waals surface area contributed by atoms with Crippen LogP contribution >= 0.6 is 0 Å². The Bertz CT molecular complexity index is 1060. The van der Waals surface area contributed by atoms with Crippen molar-refractivity contribution in [3.05, 3.63) is 67.0 Å². The number of pyridine rings is 1. The van der Waals surface area contributed by atoms with Crippen LogP contribution in [0.25, 0.3) is 17.2 Å². The van der Waals surface area contributed by atoms with Gasteiger partial charge in [0.15, 0.2) is 0 Å². The van der Waals surface area contributed by atoms with Crippen LogP contribution in [0.4, 0.5) is 6.01 Å². The van der Waals surface area contributed by atoms with Crippen molar-refractivity contribution in [1.82, 2.24) is 29.5 Å². The van der Waals surface area contributed by atoms with Gasteiger partial charge in [-0.25, -0.2) is 15.0 Å². The number of nitrogens with zero attached hydrogens (tertiary/aromatic N) is 6. The summed E-state index contributed by atoms with van der Waals surface area (Å²) in [5, 5.41) is 2.59. The molecule has 0 saturated heterocycles. The molecule has 1 N–H and O–H groups in total. The lowest BCUT2D eigenvalue weighted by molar-refractivity contribution is 0.101. The van der Waals surface area contributed by atoms with E-state index in [0.717, 1.165) is 5.56 Å². The number of hydrogen-bond donors (Lipinski definition) is 1. The average molecular weight is 347 g/mol. The van der Waals surface area contributed by atoms with E-state index < -0.39 is 5.91 Å². The first-order valence-corrected chi connectivity index (χ1v) is 7.71. The van der Waals surface area contributed by atoms with Crippen molar-refractivity contribution in [2.75, 3.05) is 5.32 Å². The maximum Gasteiger partial charge on any atom is 0.302 e. The number of imidazole rings is 1. The fourth-order valence-corrected chi connectivity index (χ4v) is 2.43. The standard InChI is InChI=1S/C17H13N7O2/c1-11-3-2-5-19-14(11)12-9-26-17(22-12)23-16(25)15-20-7-8-24(15)13-4-6-18-10-21-13/h2-10H,1H3,(H,22,23,25). The summed E-state index contributed by atoms with van der Waals surface area (Å²) >= 11 is 0. The van der Waals surface area contributed by atoms with Crippen LogP contribution in [0.3, 0.4) is 0 Å². The van der Waals surface area contributed by atoms with Gasteiger partial charge in [-0.2, -0.15) is 4.98 Å². The lowest BCUT2D eigenvalue weighted by atomic mass is 10.2. The Labute approximate surface area is 147 Å². The molecule has 0 radical (unpaired) electrons. The Morgan fingerprint density at radius 3 is 2.88 bits per heavy atom. The molecule has 9 heteroatoms. The Morgan fingerprint density at radius 1 is 1.15 bits per heavy atom. The Hall–Kier alpha value is -3.88. The normalized spacial score (nSPS) is 10.7. The molecule has 9 nitrogen and oxygen atoms in total. The molecule has 0 saturated carbocycles. The van der Waals surface area contributed by atoms with E-state index in [9.17, 15) is 4.79 Å². The van der Waals surface area contributed by atoms with Gasteiger partial charge in [0.1, 0.15) is 24.1 Å². The SMILES string of the molecule is Cc1cccnc1-c1coc(NC(=O)c2nccn2-c2ccncn2)n1. The van der Waals surface area contributed by atoms with Gasteiger partial charge < -0.3 is 4.42 Å². The summed E-state index contributed by atoms with van der Waals surface area (Å²) in [6.45, 7) is 1.92. The summed E-state index contributed by atoms with van der Waals surface area (Å²) in [5.41, 5.74) is 2.19. The van der Waals surface area contributed by atoms with Gasteiger partial charge in [0, 0.05) is 24.8 Å². The maximum atomic E-state index is 12.5. The van der Waals surface area contributed by atoms with Crippen LogP contribution in [0.2, 0.25) is 0 Å². The summed E-state index contributed by atoms with van der Waals surface area (Å²) in [5.74, 6) is 0.206. The molecule has 26 heavy (non-hydrogen) atoms. The van der Waals surface area contributed by atoms with Gasteiger partial charge in [-0.05, 0) is 24.6 Å². The van der Waals surface area contributed by atoms with Gasteiger partial charge in [-0.1, -0.05) is 6.07 Å². The minimum Gasteiger partial charge on any atom is -0.431 e. The molecule has 0 aliphatic carbocycles. The number of oxazole rings is 1. The van der Waals surface area contributed by atoms with Crippen molar-refractivity contribution in [3.63, 3.8) is 0 Å². The van der Waals surface area contributed by atoms with Crippen LogP contribution in [0.1, 0.15) is 16.2 Å². The summed E-state index contributed by atoms with van der Waals surface area (Å²) in [6, 6.07) is 5.50. The number of aromatic nitrogens is 6. The highest BCUT2D eigenvalue weighted by atomic mass is 16.4. The fraction of sp³-hybridized carbons (Fsp3) is 0.0588. The molecule has 0 fully saturated rings. The second-order valence-electron chi connectivity index (χ2n) is 5.35. The molecule has 0 spiro atoms. The van der Waals surface area contributed by atoms with Crippen LogP contribution in [0, 0.1) is 6.92 Å². The third-order valence-corrected chi connectivity index (χ3v) is 3.63. The van der Waals surface area contributed by atoms with Crippen molar-refractivity contribution in [2.24, 2.45) is 0 Å². The molecular weight excluding hydrogens is 334 g/mol. The van der Waals surface area contributed by atoms with Gasteiger partial charge in [-0.15, -0.1) is 0 Å². The quantitative estimate of drug-likeness (QED) is 0.602. The molecule has 0 unspecified atom stereocenters. The first kappa shape index (κ1) is 15.6. The highest BCUT2D eigenvalue weighted by Gasteiger charge is 2.18. The van der Waals surface area contributed by atoms with E-state index in [1.807, 2.05) is 19.1 Å². The van der Waals surface area contributed by atoms with Gasteiger partial charge in [-0.3, -0.25) is 19.7 Å². The van der Waals surface area contributed by atoms with E-state index in [0.29, 0.717) is 17.2 Å². The second-order valence-corrected chi connectivity index (χ2v) is 5.35. The van der Waals surface area contributed by atoms with Gasteiger partial charge >= 0.3 is 6.01 Å². The third-order valence-electron chi connectivity index (χ3n) is 3.63. The number of carbonyl (C=O) groups is 1. The first-order chi connectivity index (χ1) is 12.7. The molecule has 4 heterocycles. The molecule has 128 valence electrons. The predicted octanol–water partition coefficient (Wildman–Crippen LogP) is 2.27. The minimum atomic E-state index is -0.472. The van der Waals surface area contributed by atoms with Gasteiger partial charge in [0.25, 0.3) is 5.91 Å². The van der Waals surface area contributed by atoms with Crippen molar-refractivity contribution >= 4 is 11.9 Å². The van der Waals surface area contributed by atoms with Crippen molar-refractivity contribution in [1.29, 1.82) is 0 Å². The highest BCUT2D eigenvalue weighted by molar-refractivity contribution is 6.01. The molecular formula is C17H13N7O2. The second kappa shape index (κ2) is 6.55. The zero-order chi connectivity index (χ0) is 17.9. The molecule has 0 aromatic carbocycles. The summed E-state index contributed by atoms with van der Waals surface area (Å²) in [7, 11) is 0. The highest BCUT2D eigenvalue weighted by Crippen LogP contribution is 2.22. The van der Waals surface area contributed by atoms with Gasteiger partial charge in [0.2, 0.25) is 5.82 Å². The Balaban J connectivity index is 1.57. The molecule has 0 aliphatic heterocycles. The largest absolute Gasteiger partial charge is 0.431 e. The predicted molar refractivity (Wildman–Crippen MR) is 91.6 cm³/mol. The number of rotatable bonds is 4. The molecule has 0 atom stereocenters. The van der Waals surface area contributed by atoms with Crippen LogP contribution in [0.15, 0.2) is 60.0 Å². The summed E-state index contributed by atoms with van der Waals surface area (Å²) in [4.78, 5) is 33.1. The number of carbonyl (C=O) groups excluding carboxylic acids is 1. The fourth-order valence-electron chi connectivity index (χ4n) is 2.43. The molecule has 4 aromatic rings. The van der Waals surface area contributed by atoms with E-state index in [1.165, 1.54) is 18.8 Å². The maximum absolute atomic E-state index is 12.5. The zero-order valence-electron chi connectivity index (χ0n) is 13.7. The van der Waals surface area contributed by atoms with Crippen LogP contribution in [-0.4, -0.2) is 35.4 Å². The lowest BCUT2D eigenvalue weighted by Crippen LogP contribution is -2.18. The first-order valence-electron chi connectivity index (χ1n) is 7.71. The zero-order valence-corrected chi connectivity index (χ0v) is 13.7. The molecule has 0 aliphatic rings. The van der Waals surface area contributed by atoms with E-state index in [2.05, 4.69) is 30.2 Å². The van der Waals surface area contributed by atoms with Crippen LogP contribution in [-0.2, 0) is 0 Å². The van der Waals surface area contributed by atoms with Crippen molar-refractivity contribution in [2.45, 2.75) is 6.92 Å². The average Bonchev–Trinajstić information content (AvgIpc) is 3.32. The number of aryl methyl sites for hydroxylation is 1. The van der Waals surface area contributed by atoms with E-state index in [1.54, 1.807) is 29.2 Å². The smallest absolute Gasteiger partial charge is 0.302 e.